The van der Waals surface area contributed by atoms with Gasteiger partial charge in [0.1, 0.15) is 22.6 Å². The smallest absolute Gasteiger partial charge is 0.240 e. The molecule has 0 aliphatic carbocycles. The molecule has 2 heterocycles. The number of amides is 1. The molecule has 0 saturated heterocycles. The largest absolute Gasteiger partial charge is 0.496 e. The van der Waals surface area contributed by atoms with E-state index in [0.717, 1.165) is 10.0 Å². The molecule has 2 aromatic carbocycles. The Balaban J connectivity index is 1.67. The third-order valence-electron chi connectivity index (χ3n) is 4.50. The first kappa shape index (κ1) is 19.7. The summed E-state index contributed by atoms with van der Waals surface area (Å²) in [6, 6.07) is 11.0. The van der Waals surface area contributed by atoms with Gasteiger partial charge in [-0.2, -0.15) is 0 Å². The van der Waals surface area contributed by atoms with E-state index >= 15 is 0 Å². The lowest BCUT2D eigenvalue weighted by Crippen LogP contribution is -2.41. The van der Waals surface area contributed by atoms with Crippen molar-refractivity contribution < 1.29 is 13.9 Å². The maximum atomic E-state index is 13.2. The SMILES string of the molecule is COc1ccc([C@H]2Nn3c(C)nnc3S[C@H]2C(=O)Nc2ccc(F)cc2)cc1Br. The van der Waals surface area contributed by atoms with Crippen LogP contribution in [-0.4, -0.2) is 33.1 Å². The minimum Gasteiger partial charge on any atom is -0.496 e. The summed E-state index contributed by atoms with van der Waals surface area (Å²) < 4.78 is 21.0. The fraction of sp³-hybridized carbons (Fsp3) is 0.211. The van der Waals surface area contributed by atoms with Gasteiger partial charge in [0, 0.05) is 5.69 Å². The number of aromatic nitrogens is 3. The van der Waals surface area contributed by atoms with E-state index in [4.69, 9.17) is 4.74 Å². The van der Waals surface area contributed by atoms with Crippen LogP contribution in [0.1, 0.15) is 17.4 Å². The number of carbonyl (C=O) groups is 1. The van der Waals surface area contributed by atoms with E-state index in [9.17, 15) is 9.18 Å². The molecule has 0 saturated carbocycles. The summed E-state index contributed by atoms with van der Waals surface area (Å²) in [5.41, 5.74) is 4.76. The highest BCUT2D eigenvalue weighted by Crippen LogP contribution is 2.39. The predicted molar refractivity (Wildman–Crippen MR) is 112 cm³/mol. The van der Waals surface area contributed by atoms with Gasteiger partial charge in [0.05, 0.1) is 17.6 Å². The molecule has 1 aromatic heterocycles. The Morgan fingerprint density at radius 2 is 2.03 bits per heavy atom. The number of rotatable bonds is 4. The number of ether oxygens (including phenoxy) is 1. The van der Waals surface area contributed by atoms with Crippen LogP contribution in [0.2, 0.25) is 0 Å². The monoisotopic (exact) mass is 477 g/mol. The molecule has 29 heavy (non-hydrogen) atoms. The second-order valence-corrected chi connectivity index (χ2v) is 8.36. The van der Waals surface area contributed by atoms with Gasteiger partial charge in [0.2, 0.25) is 11.1 Å². The van der Waals surface area contributed by atoms with Crippen molar-refractivity contribution in [3.8, 4) is 5.75 Å². The second-order valence-electron chi connectivity index (χ2n) is 6.40. The van der Waals surface area contributed by atoms with Crippen LogP contribution in [0.5, 0.6) is 5.75 Å². The Morgan fingerprint density at radius 1 is 1.28 bits per heavy atom. The van der Waals surface area contributed by atoms with Crippen LogP contribution < -0.4 is 15.5 Å². The van der Waals surface area contributed by atoms with Crippen molar-refractivity contribution in [2.75, 3.05) is 17.9 Å². The lowest BCUT2D eigenvalue weighted by molar-refractivity contribution is -0.116. The Kier molecular flexibility index (Phi) is 5.46. The van der Waals surface area contributed by atoms with Gasteiger partial charge in [0.15, 0.2) is 0 Å². The maximum absolute atomic E-state index is 13.2. The summed E-state index contributed by atoms with van der Waals surface area (Å²) in [5.74, 6) is 0.812. The number of aryl methyl sites for hydroxylation is 1. The number of carbonyl (C=O) groups excluding carboxylic acids is 1. The number of thioether (sulfide) groups is 1. The van der Waals surface area contributed by atoms with E-state index < -0.39 is 5.25 Å². The van der Waals surface area contributed by atoms with E-state index in [1.54, 1.807) is 11.8 Å². The van der Waals surface area contributed by atoms with Crippen molar-refractivity contribution in [3.05, 3.63) is 64.1 Å². The lowest BCUT2D eigenvalue weighted by Gasteiger charge is -2.33. The number of hydrogen-bond donors (Lipinski definition) is 2. The first-order chi connectivity index (χ1) is 14.0. The molecule has 10 heteroatoms. The second kappa shape index (κ2) is 8.03. The average molecular weight is 478 g/mol. The van der Waals surface area contributed by atoms with E-state index in [1.165, 1.54) is 36.0 Å². The van der Waals surface area contributed by atoms with Crippen LogP contribution in [0.15, 0.2) is 52.1 Å². The van der Waals surface area contributed by atoms with Gasteiger partial charge in [-0.1, -0.05) is 17.8 Å². The summed E-state index contributed by atoms with van der Waals surface area (Å²) in [6.07, 6.45) is 0. The topological polar surface area (TPSA) is 81.1 Å². The molecule has 0 bridgehead atoms. The molecule has 2 atom stereocenters. The standard InChI is InChI=1S/C19H17BrFN5O2S/c1-10-23-24-19-26(10)25-16(11-3-8-15(28-2)14(20)9-11)17(29-19)18(27)22-13-6-4-12(21)5-7-13/h3-9,16-17,25H,1-2H3,(H,22,27)/t16-,17-/m1/s1. The molecule has 1 aliphatic rings. The molecule has 3 aromatic rings. The van der Waals surface area contributed by atoms with Crippen molar-refractivity contribution in [2.45, 2.75) is 23.4 Å². The third kappa shape index (κ3) is 3.95. The van der Waals surface area contributed by atoms with Crippen LogP contribution >= 0.6 is 27.7 Å². The van der Waals surface area contributed by atoms with Gasteiger partial charge in [-0.15, -0.1) is 10.2 Å². The third-order valence-corrected chi connectivity index (χ3v) is 6.34. The van der Waals surface area contributed by atoms with E-state index in [-0.39, 0.29) is 17.8 Å². The molecule has 1 aliphatic heterocycles. The van der Waals surface area contributed by atoms with Crippen molar-refractivity contribution in [1.82, 2.24) is 14.9 Å². The number of nitrogens with one attached hydrogen (secondary N) is 2. The van der Waals surface area contributed by atoms with Crippen LogP contribution in [0.3, 0.4) is 0 Å². The molecule has 4 rings (SSSR count). The van der Waals surface area contributed by atoms with Crippen molar-refractivity contribution in [1.29, 1.82) is 0 Å². The zero-order valence-corrected chi connectivity index (χ0v) is 17.9. The fourth-order valence-electron chi connectivity index (χ4n) is 3.03. The quantitative estimate of drug-likeness (QED) is 0.593. The summed E-state index contributed by atoms with van der Waals surface area (Å²) >= 11 is 4.82. The van der Waals surface area contributed by atoms with Gasteiger partial charge in [-0.25, -0.2) is 9.07 Å². The van der Waals surface area contributed by atoms with Gasteiger partial charge in [0.25, 0.3) is 0 Å². The molecule has 150 valence electrons. The highest BCUT2D eigenvalue weighted by atomic mass is 79.9. The summed E-state index contributed by atoms with van der Waals surface area (Å²) in [5, 5.41) is 11.1. The maximum Gasteiger partial charge on any atom is 0.240 e. The van der Waals surface area contributed by atoms with Crippen LogP contribution in [-0.2, 0) is 4.79 Å². The molecule has 2 N–H and O–H groups in total. The Morgan fingerprint density at radius 3 is 2.72 bits per heavy atom. The number of anilines is 1. The molecule has 0 fully saturated rings. The van der Waals surface area contributed by atoms with Gasteiger partial charge in [-0.3, -0.25) is 4.79 Å². The van der Waals surface area contributed by atoms with Gasteiger partial charge in [-0.05, 0) is 64.8 Å². The number of halogens is 2. The zero-order chi connectivity index (χ0) is 20.5. The molecular formula is C19H17BrFN5O2S. The normalized spacial score (nSPS) is 17.9. The van der Waals surface area contributed by atoms with Crippen molar-refractivity contribution in [3.63, 3.8) is 0 Å². The van der Waals surface area contributed by atoms with Crippen molar-refractivity contribution >= 4 is 39.3 Å². The molecular weight excluding hydrogens is 461 g/mol. The number of nitrogens with zero attached hydrogens (tertiary/aromatic N) is 3. The Labute approximate surface area is 179 Å². The van der Waals surface area contributed by atoms with E-state index in [0.29, 0.717) is 22.4 Å². The van der Waals surface area contributed by atoms with Gasteiger partial charge >= 0.3 is 0 Å². The van der Waals surface area contributed by atoms with Crippen LogP contribution in [0, 0.1) is 12.7 Å². The van der Waals surface area contributed by atoms with Gasteiger partial charge < -0.3 is 15.5 Å². The first-order valence-corrected chi connectivity index (χ1v) is 10.4. The highest BCUT2D eigenvalue weighted by Gasteiger charge is 2.37. The molecule has 1 amide bonds. The van der Waals surface area contributed by atoms with E-state index in [2.05, 4.69) is 36.9 Å². The summed E-state index contributed by atoms with van der Waals surface area (Å²) in [6.45, 7) is 1.84. The number of hydrogen-bond acceptors (Lipinski definition) is 6. The van der Waals surface area contributed by atoms with Crippen LogP contribution in [0.25, 0.3) is 0 Å². The Bertz CT molecular complexity index is 1060. The number of methoxy groups -OCH3 is 1. The van der Waals surface area contributed by atoms with Crippen molar-refractivity contribution in [2.24, 2.45) is 0 Å². The number of fused-ring (bicyclic) bond motifs is 1. The predicted octanol–water partition coefficient (Wildman–Crippen LogP) is 3.89. The average Bonchev–Trinajstić information content (AvgIpc) is 3.08. The minimum absolute atomic E-state index is 0.224. The first-order valence-electron chi connectivity index (χ1n) is 8.71. The lowest BCUT2D eigenvalue weighted by atomic mass is 10.0. The summed E-state index contributed by atoms with van der Waals surface area (Å²) in [7, 11) is 1.60. The van der Waals surface area contributed by atoms with Crippen LogP contribution in [0.4, 0.5) is 10.1 Å². The Hall–Kier alpha value is -2.59. The molecule has 0 radical (unpaired) electrons. The zero-order valence-electron chi connectivity index (χ0n) is 15.5. The molecule has 0 spiro atoms. The minimum atomic E-state index is -0.531. The molecule has 7 nitrogen and oxygen atoms in total. The molecule has 0 unspecified atom stereocenters. The highest BCUT2D eigenvalue weighted by molar-refractivity contribution is 9.10. The van der Waals surface area contributed by atoms with E-state index in [1.807, 2.05) is 25.1 Å². The summed E-state index contributed by atoms with van der Waals surface area (Å²) in [4.78, 5) is 13.1. The number of benzene rings is 2. The fourth-order valence-corrected chi connectivity index (χ4v) is 4.72.